The molecule has 1 spiro atoms. The molecule has 3 atom stereocenters. The molecule has 12 rings (SSSR count). The number of likely N-dealkylation sites (N-methyl/N-ethyl adjacent to an activating group) is 2. The van der Waals surface area contributed by atoms with Crippen LogP contribution in [0.1, 0.15) is 75.4 Å². The minimum atomic E-state index is -1.21. The fourth-order valence-corrected chi connectivity index (χ4v) is 11.0. The molecule has 4 amide bonds. The molecule has 4 N–H and O–H groups in total. The van der Waals surface area contributed by atoms with Crippen LogP contribution in [0.4, 0.5) is 17.1 Å². The van der Waals surface area contributed by atoms with Crippen molar-refractivity contribution in [3.05, 3.63) is 137 Å². The first-order valence-corrected chi connectivity index (χ1v) is 25.2. The molecule has 6 aromatic rings. The van der Waals surface area contributed by atoms with Crippen LogP contribution in [0.2, 0.25) is 0 Å². The van der Waals surface area contributed by atoms with Gasteiger partial charge < -0.3 is 49.1 Å². The van der Waals surface area contributed by atoms with Crippen LogP contribution in [-0.2, 0) is 26.2 Å². The molecule has 2 aromatic heterocycles. The van der Waals surface area contributed by atoms with Crippen molar-refractivity contribution < 1.29 is 42.9 Å². The fourth-order valence-electron chi connectivity index (χ4n) is 11.0. The molecule has 6 aliphatic rings. The molecule has 1 aliphatic carbocycles. The summed E-state index contributed by atoms with van der Waals surface area (Å²) in [6, 6.07) is 28.7. The van der Waals surface area contributed by atoms with Crippen molar-refractivity contribution in [1.29, 1.82) is 0 Å². The van der Waals surface area contributed by atoms with Crippen molar-refractivity contribution in [1.82, 2.24) is 40.9 Å². The number of likely N-dealkylation sites (tertiary alicyclic amines) is 1. The van der Waals surface area contributed by atoms with E-state index in [1.807, 2.05) is 78.9 Å². The lowest BCUT2D eigenvalue weighted by Crippen LogP contribution is -2.64. The van der Waals surface area contributed by atoms with E-state index in [4.69, 9.17) is 18.6 Å². The van der Waals surface area contributed by atoms with Gasteiger partial charge in [0, 0.05) is 76.5 Å². The quantitative estimate of drug-likeness (QED) is 0.137. The van der Waals surface area contributed by atoms with E-state index >= 15 is 0 Å². The maximum Gasteiger partial charge on any atom is 0.309 e. The molecule has 4 aromatic carbocycles. The molecule has 384 valence electrons. The van der Waals surface area contributed by atoms with E-state index < -0.39 is 34.9 Å². The van der Waals surface area contributed by atoms with E-state index in [0.717, 1.165) is 55.6 Å². The number of aromatic amines is 1. The Kier molecular flexibility index (Phi) is 12.1. The number of ether oxygens (including phenoxy) is 3. The molecule has 1 unspecified atom stereocenters. The zero-order chi connectivity index (χ0) is 51.5. The van der Waals surface area contributed by atoms with Gasteiger partial charge in [-0.2, -0.15) is 0 Å². The van der Waals surface area contributed by atoms with Crippen LogP contribution in [-0.4, -0.2) is 149 Å². The molecule has 1 saturated carbocycles. The number of hydrogen-bond donors (Lipinski definition) is 4. The molecular formula is C55H55N11O9. The fraction of sp³-hybridized carbons (Fsp3) is 0.382. The molecular weight excluding hydrogens is 959 g/mol. The number of nitrogens with one attached hydrogen (secondary N) is 3. The van der Waals surface area contributed by atoms with Gasteiger partial charge in [0.05, 0.1) is 22.9 Å². The van der Waals surface area contributed by atoms with Gasteiger partial charge in [-0.15, -0.1) is 15.3 Å². The lowest BCUT2D eigenvalue weighted by molar-refractivity contribution is -0.121. The van der Waals surface area contributed by atoms with E-state index in [1.165, 1.54) is 9.80 Å². The number of carbonyl (C=O) groups is 4. The number of carbonyl (C=O) groups excluding carboxylic acids is 4. The highest BCUT2D eigenvalue weighted by atomic mass is 16.5. The van der Waals surface area contributed by atoms with Crippen LogP contribution in [0, 0.1) is 17.3 Å². The normalized spacial score (nSPS) is 22.1. The number of β-amino-alcohol motifs (C(OH)–C–C–N with tert-alkyl or cyclic N) is 1. The molecule has 0 bridgehead atoms. The number of benzene rings is 4. The zero-order valence-electron chi connectivity index (χ0n) is 41.5. The number of rotatable bonds is 11. The number of hydrogen-bond acceptors (Lipinski definition) is 15. The predicted molar refractivity (Wildman–Crippen MR) is 271 cm³/mol. The average Bonchev–Trinajstić information content (AvgIpc) is 3.89. The third-order valence-electron chi connectivity index (χ3n) is 15.3. The van der Waals surface area contributed by atoms with Crippen LogP contribution in [0.15, 0.2) is 101 Å². The summed E-state index contributed by atoms with van der Waals surface area (Å²) in [4.78, 5) is 65.6. The number of aliphatic hydroxyl groups is 1. The first-order chi connectivity index (χ1) is 36.3. The summed E-state index contributed by atoms with van der Waals surface area (Å²) >= 11 is 0. The Hall–Kier alpha value is -8.12. The maximum atomic E-state index is 13.8. The smallest absolute Gasteiger partial charge is 0.309 e. The Morgan fingerprint density at radius 2 is 1.47 bits per heavy atom. The van der Waals surface area contributed by atoms with Crippen molar-refractivity contribution in [2.45, 2.75) is 61.3 Å². The number of amides is 4. The molecule has 7 heterocycles. The summed E-state index contributed by atoms with van der Waals surface area (Å²) in [7, 11) is 3.30. The Bertz CT molecular complexity index is 3250. The van der Waals surface area contributed by atoms with Gasteiger partial charge in [0.25, 0.3) is 17.7 Å². The van der Waals surface area contributed by atoms with Gasteiger partial charge in [0.2, 0.25) is 11.7 Å². The van der Waals surface area contributed by atoms with Gasteiger partial charge in [-0.25, -0.2) is 4.98 Å². The second kappa shape index (κ2) is 19.0. The number of H-pyrrole nitrogens is 1. The SMILES string of the molecule is CN1C(=O)[C@H](NC(=O)c2n[nH]c(Cc3ccccc3)n2)COc2ccc(C#CC3(O)CN(CC4CC5(CCO4)CN(c4ccc6c(c4)N(C)C(=O)[C@H](NC(=O)c4nnc(C7(c8ccccc8)CC7)o4)CO6)C5)C3)cc21. The third-order valence-corrected chi connectivity index (χ3v) is 15.3. The van der Waals surface area contributed by atoms with Crippen molar-refractivity contribution >= 4 is 40.7 Å². The summed E-state index contributed by atoms with van der Waals surface area (Å²) in [5, 5.41) is 32.0. The highest BCUT2D eigenvalue weighted by Crippen LogP contribution is 2.53. The second-order valence-electron chi connectivity index (χ2n) is 20.7. The summed E-state index contributed by atoms with van der Waals surface area (Å²) in [6.45, 7) is 3.55. The van der Waals surface area contributed by atoms with E-state index in [9.17, 15) is 24.3 Å². The van der Waals surface area contributed by atoms with E-state index in [0.29, 0.717) is 72.8 Å². The van der Waals surface area contributed by atoms with Gasteiger partial charge in [-0.3, -0.25) is 29.2 Å². The van der Waals surface area contributed by atoms with Crippen LogP contribution < -0.4 is 34.8 Å². The van der Waals surface area contributed by atoms with E-state index in [-0.39, 0.29) is 48.3 Å². The first-order valence-electron chi connectivity index (χ1n) is 25.2. The van der Waals surface area contributed by atoms with Crippen LogP contribution >= 0.6 is 0 Å². The van der Waals surface area contributed by atoms with Crippen LogP contribution in [0.25, 0.3) is 0 Å². The van der Waals surface area contributed by atoms with Crippen molar-refractivity contribution in [3.8, 4) is 23.3 Å². The molecule has 75 heavy (non-hydrogen) atoms. The second-order valence-corrected chi connectivity index (χ2v) is 20.7. The van der Waals surface area contributed by atoms with Crippen molar-refractivity contribution in [2.24, 2.45) is 5.41 Å². The predicted octanol–water partition coefficient (Wildman–Crippen LogP) is 3.25. The Morgan fingerprint density at radius 3 is 2.17 bits per heavy atom. The molecule has 4 fully saturated rings. The summed E-state index contributed by atoms with van der Waals surface area (Å²) in [5.41, 5.74) is 3.20. The zero-order valence-corrected chi connectivity index (χ0v) is 41.5. The van der Waals surface area contributed by atoms with Gasteiger partial charge >= 0.3 is 11.8 Å². The van der Waals surface area contributed by atoms with Crippen LogP contribution in [0.5, 0.6) is 11.5 Å². The van der Waals surface area contributed by atoms with Gasteiger partial charge in [0.15, 0.2) is 5.60 Å². The molecule has 0 radical (unpaired) electrons. The lowest BCUT2D eigenvalue weighted by atomic mass is 9.71. The number of anilines is 3. The third kappa shape index (κ3) is 9.43. The van der Waals surface area contributed by atoms with Crippen molar-refractivity contribution in [2.75, 3.05) is 81.3 Å². The van der Waals surface area contributed by atoms with Gasteiger partial charge in [0.1, 0.15) is 42.6 Å². The minimum absolute atomic E-state index is 0.00823. The maximum absolute atomic E-state index is 13.8. The van der Waals surface area contributed by atoms with Crippen molar-refractivity contribution in [3.63, 3.8) is 0 Å². The van der Waals surface area contributed by atoms with Gasteiger partial charge in [-0.05, 0) is 73.2 Å². The summed E-state index contributed by atoms with van der Waals surface area (Å²) in [5.74, 6) is 5.86. The number of nitrogens with zero attached hydrogens (tertiary/aromatic N) is 8. The summed E-state index contributed by atoms with van der Waals surface area (Å²) < 4.78 is 24.3. The first kappa shape index (κ1) is 47.9. The number of aromatic nitrogens is 5. The van der Waals surface area contributed by atoms with Gasteiger partial charge in [-0.1, -0.05) is 72.5 Å². The Labute approximate surface area is 431 Å². The highest BCUT2D eigenvalue weighted by Gasteiger charge is 2.52. The topological polar surface area (TPSA) is 234 Å². The highest BCUT2D eigenvalue weighted by molar-refractivity contribution is 6.03. The van der Waals surface area contributed by atoms with Crippen LogP contribution in [0.3, 0.4) is 0 Å². The monoisotopic (exact) mass is 1010 g/mol. The minimum Gasteiger partial charge on any atom is -0.489 e. The lowest BCUT2D eigenvalue weighted by Gasteiger charge is -2.55. The molecule has 20 nitrogen and oxygen atoms in total. The van der Waals surface area contributed by atoms with E-state index in [1.54, 1.807) is 32.3 Å². The van der Waals surface area contributed by atoms with E-state index in [2.05, 4.69) is 57.7 Å². The average molecular weight is 1010 g/mol. The molecule has 3 saturated heterocycles. The molecule has 20 heteroatoms. The standard InChI is InChI=1S/C55H55N11O9/c1-63-41-23-35(13-15-43(41)73-28-39(50(63)69)56-47(67)46-58-45(59-60-46)24-34-9-5-3-6-10-34)17-18-54(71)32-65(33-54)27-38-26-53(21-22-72-38)30-66(31-53)37-14-16-44-42(25-37)64(2)51(70)40(29-74-44)57-48(68)49-61-62-52(75-49)55(19-20-55)36-11-7-4-8-12-36/h3-16,23,25,38-40,71H,19-22,24,26-33H2,1-2H3,(H,56,67)(H,57,68)(H,58,59,60)/t38?,39-,40-/m1/s1. The summed E-state index contributed by atoms with van der Waals surface area (Å²) in [6.07, 6.45) is 3.96. The molecule has 5 aliphatic heterocycles. The largest absolute Gasteiger partial charge is 0.489 e. The number of fused-ring (bicyclic) bond motifs is 2. The Morgan fingerprint density at radius 1 is 0.800 bits per heavy atom. The Balaban J connectivity index is 0.611.